The van der Waals surface area contributed by atoms with E-state index in [9.17, 15) is 4.79 Å². The van der Waals surface area contributed by atoms with Crippen molar-refractivity contribution in [3.05, 3.63) is 102 Å². The number of benzene rings is 4. The molecule has 1 aliphatic rings. The van der Waals surface area contributed by atoms with Gasteiger partial charge in [0.2, 0.25) is 0 Å². The molecule has 7 rings (SSSR count). The summed E-state index contributed by atoms with van der Waals surface area (Å²) < 4.78 is 0. The summed E-state index contributed by atoms with van der Waals surface area (Å²) in [6.45, 7) is 5.51. The number of piperazine rings is 1. The van der Waals surface area contributed by atoms with Crippen LogP contribution in [0.1, 0.15) is 15.9 Å². The van der Waals surface area contributed by atoms with E-state index in [2.05, 4.69) is 88.8 Å². The monoisotopic (exact) mass is 525 g/mol. The van der Waals surface area contributed by atoms with Gasteiger partial charge in [0.05, 0.1) is 0 Å². The van der Waals surface area contributed by atoms with Gasteiger partial charge in [0.1, 0.15) is 5.82 Å². The fraction of sp³-hybridized carbons (Fsp3) is 0.176. The standard InChI is InChI=1S/C34H31N5O/c1-22-25(9-5-11-29(22)37-33-26-8-4-3-7-23(26)15-16-35-33)27-10-6-12-30-32(27)28-14-13-24(21-31(28)36-30)34(40)39-19-17-38(2)18-20-39/h3-16,21,36H,17-20H2,1-2H3,(H,35,37). The van der Waals surface area contributed by atoms with Crippen LogP contribution in [0.2, 0.25) is 0 Å². The molecule has 2 aromatic heterocycles. The minimum Gasteiger partial charge on any atom is -0.354 e. The second-order valence-corrected chi connectivity index (χ2v) is 10.7. The predicted octanol–water partition coefficient (Wildman–Crippen LogP) is 6.98. The van der Waals surface area contributed by atoms with Crippen LogP contribution in [0, 0.1) is 6.92 Å². The Morgan fingerprint density at radius 3 is 2.50 bits per heavy atom. The van der Waals surface area contributed by atoms with E-state index in [1.54, 1.807) is 0 Å². The fourth-order valence-corrected chi connectivity index (χ4v) is 5.92. The Kier molecular flexibility index (Phi) is 5.98. The molecule has 3 heterocycles. The molecule has 2 N–H and O–H groups in total. The van der Waals surface area contributed by atoms with Gasteiger partial charge in [-0.3, -0.25) is 4.79 Å². The van der Waals surface area contributed by atoms with Crippen LogP contribution in [-0.2, 0) is 0 Å². The molecule has 198 valence electrons. The van der Waals surface area contributed by atoms with Crippen LogP contribution in [-0.4, -0.2) is 58.9 Å². The number of pyridine rings is 1. The van der Waals surface area contributed by atoms with Crippen LogP contribution in [0.5, 0.6) is 0 Å². The van der Waals surface area contributed by atoms with Gasteiger partial charge in [0.15, 0.2) is 0 Å². The maximum Gasteiger partial charge on any atom is 0.254 e. The fourth-order valence-electron chi connectivity index (χ4n) is 5.92. The number of anilines is 2. The lowest BCUT2D eigenvalue weighted by Crippen LogP contribution is -2.47. The van der Waals surface area contributed by atoms with Crippen molar-refractivity contribution in [1.82, 2.24) is 19.8 Å². The molecular formula is C34H31N5O. The zero-order chi connectivity index (χ0) is 27.2. The van der Waals surface area contributed by atoms with Crippen LogP contribution in [0.4, 0.5) is 11.5 Å². The Bertz CT molecular complexity index is 1890. The number of rotatable bonds is 4. The molecule has 1 amide bonds. The first kappa shape index (κ1) is 24.4. The van der Waals surface area contributed by atoms with Crippen LogP contribution >= 0.6 is 0 Å². The lowest BCUT2D eigenvalue weighted by Gasteiger charge is -2.32. The Labute approximate surface area is 233 Å². The molecule has 4 aromatic carbocycles. The molecule has 0 bridgehead atoms. The zero-order valence-corrected chi connectivity index (χ0v) is 22.7. The molecule has 0 saturated carbocycles. The zero-order valence-electron chi connectivity index (χ0n) is 22.7. The summed E-state index contributed by atoms with van der Waals surface area (Å²) in [6, 6.07) is 29.2. The van der Waals surface area contributed by atoms with Crippen molar-refractivity contribution in [1.29, 1.82) is 0 Å². The average Bonchev–Trinajstić information content (AvgIpc) is 3.37. The van der Waals surface area contributed by atoms with Crippen molar-refractivity contribution in [2.75, 3.05) is 38.5 Å². The number of nitrogens with one attached hydrogen (secondary N) is 2. The molecule has 1 saturated heterocycles. The SMILES string of the molecule is Cc1c(Nc2nccc3ccccc23)cccc1-c1cccc2[nH]c3cc(C(=O)N4CCN(C)CC4)ccc3c12. The molecule has 0 aliphatic carbocycles. The molecule has 0 radical (unpaired) electrons. The van der Waals surface area contributed by atoms with Crippen molar-refractivity contribution in [3.8, 4) is 11.1 Å². The molecule has 6 nitrogen and oxygen atoms in total. The van der Waals surface area contributed by atoms with Gasteiger partial charge < -0.3 is 20.1 Å². The Morgan fingerprint density at radius 2 is 1.62 bits per heavy atom. The predicted molar refractivity (Wildman–Crippen MR) is 164 cm³/mol. The Balaban J connectivity index is 1.28. The van der Waals surface area contributed by atoms with Crippen LogP contribution in [0.15, 0.2) is 91.1 Å². The van der Waals surface area contributed by atoms with Crippen molar-refractivity contribution in [3.63, 3.8) is 0 Å². The summed E-state index contributed by atoms with van der Waals surface area (Å²) in [4.78, 5) is 25.7. The van der Waals surface area contributed by atoms with E-state index in [1.807, 2.05) is 41.4 Å². The molecule has 6 heteroatoms. The average molecular weight is 526 g/mol. The van der Waals surface area contributed by atoms with Crippen molar-refractivity contribution in [2.45, 2.75) is 6.92 Å². The molecule has 6 aromatic rings. The van der Waals surface area contributed by atoms with Crippen molar-refractivity contribution < 1.29 is 4.79 Å². The van der Waals surface area contributed by atoms with Crippen molar-refractivity contribution in [2.24, 2.45) is 0 Å². The molecule has 0 spiro atoms. The third-order valence-corrected chi connectivity index (χ3v) is 8.21. The molecular weight excluding hydrogens is 494 g/mol. The topological polar surface area (TPSA) is 64.3 Å². The van der Waals surface area contributed by atoms with Gasteiger partial charge in [-0.2, -0.15) is 0 Å². The molecule has 40 heavy (non-hydrogen) atoms. The van der Waals surface area contributed by atoms with Gasteiger partial charge in [-0.1, -0.05) is 54.6 Å². The second-order valence-electron chi connectivity index (χ2n) is 10.7. The second kappa shape index (κ2) is 9.81. The van der Waals surface area contributed by atoms with Gasteiger partial charge in [0, 0.05) is 70.8 Å². The minimum atomic E-state index is 0.102. The van der Waals surface area contributed by atoms with Gasteiger partial charge >= 0.3 is 0 Å². The minimum absolute atomic E-state index is 0.102. The van der Waals surface area contributed by atoms with E-state index in [0.717, 1.165) is 87.1 Å². The van der Waals surface area contributed by atoms with E-state index >= 15 is 0 Å². The first-order chi connectivity index (χ1) is 19.6. The van der Waals surface area contributed by atoms with Gasteiger partial charge in [-0.15, -0.1) is 0 Å². The number of hydrogen-bond acceptors (Lipinski definition) is 4. The number of fused-ring (bicyclic) bond motifs is 4. The van der Waals surface area contributed by atoms with Crippen LogP contribution in [0.3, 0.4) is 0 Å². The highest BCUT2D eigenvalue weighted by Crippen LogP contribution is 2.38. The van der Waals surface area contributed by atoms with E-state index in [1.165, 1.54) is 5.39 Å². The summed E-state index contributed by atoms with van der Waals surface area (Å²) in [6.07, 6.45) is 1.85. The molecule has 0 atom stereocenters. The van der Waals surface area contributed by atoms with Crippen LogP contribution in [0.25, 0.3) is 43.7 Å². The number of amides is 1. The summed E-state index contributed by atoms with van der Waals surface area (Å²) in [5.41, 5.74) is 7.28. The summed E-state index contributed by atoms with van der Waals surface area (Å²) in [7, 11) is 2.10. The molecule has 1 fully saturated rings. The highest BCUT2D eigenvalue weighted by Gasteiger charge is 2.21. The molecule has 0 unspecified atom stereocenters. The summed E-state index contributed by atoms with van der Waals surface area (Å²) in [5.74, 6) is 0.951. The first-order valence-electron chi connectivity index (χ1n) is 13.8. The number of H-pyrrole nitrogens is 1. The maximum atomic E-state index is 13.2. The lowest BCUT2D eigenvalue weighted by atomic mass is 9.94. The largest absolute Gasteiger partial charge is 0.354 e. The van der Waals surface area contributed by atoms with E-state index < -0.39 is 0 Å². The number of hydrogen-bond donors (Lipinski definition) is 2. The third-order valence-electron chi connectivity index (χ3n) is 8.21. The summed E-state index contributed by atoms with van der Waals surface area (Å²) in [5, 5.41) is 8.13. The van der Waals surface area contributed by atoms with E-state index in [0.29, 0.717) is 0 Å². The maximum absolute atomic E-state index is 13.2. The normalized spacial score (nSPS) is 14.3. The molecule has 1 aliphatic heterocycles. The number of likely N-dealkylation sites (N-methyl/N-ethyl adjacent to an activating group) is 1. The highest BCUT2D eigenvalue weighted by molar-refractivity contribution is 6.15. The van der Waals surface area contributed by atoms with Crippen molar-refractivity contribution >= 4 is 50.0 Å². The van der Waals surface area contributed by atoms with Crippen LogP contribution < -0.4 is 5.32 Å². The number of aromatic nitrogens is 2. The van der Waals surface area contributed by atoms with Gasteiger partial charge in [0.25, 0.3) is 5.91 Å². The Hall–Kier alpha value is -4.68. The number of carbonyl (C=O) groups excluding carboxylic acids is 1. The number of aromatic amines is 1. The number of carbonyl (C=O) groups is 1. The van der Waals surface area contributed by atoms with E-state index in [4.69, 9.17) is 0 Å². The van der Waals surface area contributed by atoms with Gasteiger partial charge in [-0.25, -0.2) is 4.98 Å². The third kappa shape index (κ3) is 4.17. The van der Waals surface area contributed by atoms with E-state index in [-0.39, 0.29) is 5.91 Å². The number of nitrogens with zero attached hydrogens (tertiary/aromatic N) is 3. The smallest absolute Gasteiger partial charge is 0.254 e. The first-order valence-corrected chi connectivity index (χ1v) is 13.8. The quantitative estimate of drug-likeness (QED) is 0.261. The Morgan fingerprint density at radius 1 is 0.825 bits per heavy atom. The highest BCUT2D eigenvalue weighted by atomic mass is 16.2. The lowest BCUT2D eigenvalue weighted by molar-refractivity contribution is 0.0664. The summed E-state index contributed by atoms with van der Waals surface area (Å²) >= 11 is 0. The van der Waals surface area contributed by atoms with Gasteiger partial charge in [-0.05, 0) is 66.4 Å².